The van der Waals surface area contributed by atoms with Crippen LogP contribution in [0.3, 0.4) is 0 Å². The number of nitrogens with zero attached hydrogens (tertiary/aromatic N) is 2. The molecule has 2 fully saturated rings. The predicted molar refractivity (Wildman–Crippen MR) is 90.7 cm³/mol. The minimum Gasteiger partial charge on any atom is -0.352 e. The lowest BCUT2D eigenvalue weighted by Gasteiger charge is -2.36. The van der Waals surface area contributed by atoms with E-state index in [1.807, 2.05) is 18.3 Å². The quantitative estimate of drug-likeness (QED) is 0.889. The van der Waals surface area contributed by atoms with E-state index in [-0.39, 0.29) is 11.9 Å². The average Bonchev–Trinajstić information content (AvgIpc) is 2.58. The summed E-state index contributed by atoms with van der Waals surface area (Å²) in [6, 6.07) is 6.30. The number of hydrogen-bond donors (Lipinski definition) is 2. The van der Waals surface area contributed by atoms with Gasteiger partial charge in [-0.3, -0.25) is 14.7 Å². The van der Waals surface area contributed by atoms with Gasteiger partial charge in [-0.1, -0.05) is 25.3 Å². The van der Waals surface area contributed by atoms with Crippen LogP contribution in [0.2, 0.25) is 0 Å². The van der Waals surface area contributed by atoms with Crippen molar-refractivity contribution in [1.82, 2.24) is 15.2 Å². The van der Waals surface area contributed by atoms with E-state index >= 15 is 0 Å². The Hall–Kier alpha value is -1.46. The van der Waals surface area contributed by atoms with E-state index in [1.54, 1.807) is 0 Å². The number of amides is 1. The SMILES string of the molecule is NC1(C(=O)NC2CCN(Cc3ccccn3)CC2)CCCCC1. The molecule has 1 saturated heterocycles. The molecule has 3 N–H and O–H groups in total. The number of piperidine rings is 1. The zero-order valence-corrected chi connectivity index (χ0v) is 13.8. The van der Waals surface area contributed by atoms with Crippen LogP contribution < -0.4 is 11.1 Å². The third kappa shape index (κ3) is 4.30. The van der Waals surface area contributed by atoms with E-state index in [9.17, 15) is 4.79 Å². The number of likely N-dealkylation sites (tertiary alicyclic amines) is 1. The van der Waals surface area contributed by atoms with Crippen molar-refractivity contribution < 1.29 is 4.79 Å². The summed E-state index contributed by atoms with van der Waals surface area (Å²) in [7, 11) is 0. The van der Waals surface area contributed by atoms with Crippen LogP contribution in [0.25, 0.3) is 0 Å². The first-order valence-electron chi connectivity index (χ1n) is 8.88. The molecule has 0 atom stereocenters. The summed E-state index contributed by atoms with van der Waals surface area (Å²) in [6.45, 7) is 2.89. The van der Waals surface area contributed by atoms with Crippen LogP contribution >= 0.6 is 0 Å². The molecule has 5 heteroatoms. The molecule has 126 valence electrons. The molecular weight excluding hydrogens is 288 g/mol. The second-order valence-electron chi connectivity index (χ2n) is 7.06. The number of pyridine rings is 1. The molecule has 5 nitrogen and oxygen atoms in total. The summed E-state index contributed by atoms with van der Waals surface area (Å²) < 4.78 is 0. The van der Waals surface area contributed by atoms with Crippen molar-refractivity contribution in [3.8, 4) is 0 Å². The van der Waals surface area contributed by atoms with Crippen LogP contribution in [-0.2, 0) is 11.3 Å². The highest BCUT2D eigenvalue weighted by atomic mass is 16.2. The number of nitrogens with two attached hydrogens (primary N) is 1. The van der Waals surface area contributed by atoms with Gasteiger partial charge in [0, 0.05) is 31.9 Å². The first-order chi connectivity index (χ1) is 11.2. The van der Waals surface area contributed by atoms with Gasteiger partial charge in [-0.25, -0.2) is 0 Å². The number of rotatable bonds is 4. The molecule has 1 amide bonds. The minimum atomic E-state index is -0.622. The zero-order chi connectivity index (χ0) is 16.1. The molecule has 1 saturated carbocycles. The Balaban J connectivity index is 1.45. The molecule has 3 rings (SSSR count). The lowest BCUT2D eigenvalue weighted by atomic mass is 9.81. The second-order valence-corrected chi connectivity index (χ2v) is 7.06. The zero-order valence-electron chi connectivity index (χ0n) is 13.8. The van der Waals surface area contributed by atoms with Gasteiger partial charge in [0.25, 0.3) is 0 Å². The van der Waals surface area contributed by atoms with Crippen molar-refractivity contribution in [3.05, 3.63) is 30.1 Å². The minimum absolute atomic E-state index is 0.0698. The van der Waals surface area contributed by atoms with Gasteiger partial charge in [-0.05, 0) is 37.8 Å². The fourth-order valence-electron chi connectivity index (χ4n) is 3.70. The van der Waals surface area contributed by atoms with Crippen molar-refractivity contribution in [2.24, 2.45) is 5.73 Å². The summed E-state index contributed by atoms with van der Waals surface area (Å²) in [5.74, 6) is 0.0698. The standard InChI is InChI=1S/C18H28N4O/c19-18(9-3-1-4-10-18)17(23)21-15-7-12-22(13-8-15)14-16-6-2-5-11-20-16/h2,5-6,11,15H,1,3-4,7-10,12-14,19H2,(H,21,23). The number of aromatic nitrogens is 1. The summed E-state index contributed by atoms with van der Waals surface area (Å²) in [5.41, 5.74) is 6.81. The summed E-state index contributed by atoms with van der Waals surface area (Å²) >= 11 is 0. The van der Waals surface area contributed by atoms with Crippen molar-refractivity contribution in [2.45, 2.75) is 63.1 Å². The predicted octanol–water partition coefficient (Wildman–Crippen LogP) is 1.82. The van der Waals surface area contributed by atoms with Crippen LogP contribution in [-0.4, -0.2) is 40.5 Å². The fraction of sp³-hybridized carbons (Fsp3) is 0.667. The molecule has 0 unspecified atom stereocenters. The Morgan fingerprint density at radius 3 is 2.65 bits per heavy atom. The normalized spacial score (nSPS) is 22.7. The first-order valence-corrected chi connectivity index (χ1v) is 8.88. The Labute approximate surface area is 138 Å². The van der Waals surface area contributed by atoms with Gasteiger partial charge >= 0.3 is 0 Å². The van der Waals surface area contributed by atoms with Crippen molar-refractivity contribution in [3.63, 3.8) is 0 Å². The molecule has 0 radical (unpaired) electrons. The van der Waals surface area contributed by atoms with E-state index < -0.39 is 5.54 Å². The summed E-state index contributed by atoms with van der Waals surface area (Å²) in [6.07, 6.45) is 8.85. The monoisotopic (exact) mass is 316 g/mol. The topological polar surface area (TPSA) is 71.2 Å². The highest BCUT2D eigenvalue weighted by Gasteiger charge is 2.36. The van der Waals surface area contributed by atoms with Crippen LogP contribution in [0.15, 0.2) is 24.4 Å². The maximum Gasteiger partial charge on any atom is 0.240 e. The van der Waals surface area contributed by atoms with Crippen LogP contribution in [0.5, 0.6) is 0 Å². The van der Waals surface area contributed by atoms with Gasteiger partial charge in [0.2, 0.25) is 5.91 Å². The van der Waals surface area contributed by atoms with Crippen LogP contribution in [0.4, 0.5) is 0 Å². The number of hydrogen-bond acceptors (Lipinski definition) is 4. The van der Waals surface area contributed by atoms with Crippen molar-refractivity contribution >= 4 is 5.91 Å². The maximum atomic E-state index is 12.5. The average molecular weight is 316 g/mol. The van der Waals surface area contributed by atoms with E-state index in [4.69, 9.17) is 5.73 Å². The van der Waals surface area contributed by atoms with E-state index in [0.29, 0.717) is 0 Å². The molecule has 1 aromatic rings. The highest BCUT2D eigenvalue weighted by molar-refractivity contribution is 5.86. The smallest absolute Gasteiger partial charge is 0.240 e. The molecule has 1 aromatic heterocycles. The molecule has 1 aliphatic carbocycles. The first kappa shape index (κ1) is 16.4. The Morgan fingerprint density at radius 1 is 1.26 bits per heavy atom. The van der Waals surface area contributed by atoms with Crippen LogP contribution in [0.1, 0.15) is 50.6 Å². The van der Waals surface area contributed by atoms with Gasteiger partial charge in [-0.15, -0.1) is 0 Å². The van der Waals surface area contributed by atoms with Gasteiger partial charge in [-0.2, -0.15) is 0 Å². The van der Waals surface area contributed by atoms with E-state index in [2.05, 4.69) is 21.3 Å². The summed E-state index contributed by atoms with van der Waals surface area (Å²) in [4.78, 5) is 19.3. The molecule has 23 heavy (non-hydrogen) atoms. The van der Waals surface area contributed by atoms with Gasteiger partial charge in [0.05, 0.1) is 11.2 Å². The molecule has 1 aliphatic heterocycles. The number of nitrogens with one attached hydrogen (secondary N) is 1. The fourth-order valence-corrected chi connectivity index (χ4v) is 3.70. The lowest BCUT2D eigenvalue weighted by Crippen LogP contribution is -2.58. The number of carbonyl (C=O) groups is 1. The Kier molecular flexibility index (Phi) is 5.28. The third-order valence-electron chi connectivity index (χ3n) is 5.23. The molecule has 0 aromatic carbocycles. The van der Waals surface area contributed by atoms with Gasteiger partial charge in [0.1, 0.15) is 0 Å². The molecule has 0 spiro atoms. The van der Waals surface area contributed by atoms with Crippen molar-refractivity contribution in [2.75, 3.05) is 13.1 Å². The molecule has 2 aliphatic rings. The highest BCUT2D eigenvalue weighted by Crippen LogP contribution is 2.26. The molecular formula is C18H28N4O. The van der Waals surface area contributed by atoms with Crippen molar-refractivity contribution in [1.29, 1.82) is 0 Å². The van der Waals surface area contributed by atoms with E-state index in [1.165, 1.54) is 6.42 Å². The molecule has 2 heterocycles. The Bertz CT molecular complexity index is 505. The lowest BCUT2D eigenvalue weighted by molar-refractivity contribution is -0.128. The van der Waals surface area contributed by atoms with Crippen LogP contribution in [0, 0.1) is 0 Å². The second kappa shape index (κ2) is 7.41. The Morgan fingerprint density at radius 2 is 2.00 bits per heavy atom. The largest absolute Gasteiger partial charge is 0.352 e. The molecule has 0 bridgehead atoms. The maximum absolute atomic E-state index is 12.5. The third-order valence-corrected chi connectivity index (χ3v) is 5.23. The summed E-state index contributed by atoms with van der Waals surface area (Å²) in [5, 5.41) is 3.21. The van der Waals surface area contributed by atoms with Gasteiger partial charge in [0.15, 0.2) is 0 Å². The van der Waals surface area contributed by atoms with Gasteiger partial charge < -0.3 is 11.1 Å². The van der Waals surface area contributed by atoms with E-state index in [0.717, 1.165) is 63.9 Å². The number of carbonyl (C=O) groups excluding carboxylic acids is 1.